The zero-order valence-electron chi connectivity index (χ0n) is 15.1. The van der Waals surface area contributed by atoms with E-state index < -0.39 is 0 Å². The molecule has 4 nitrogen and oxygen atoms in total. The molecule has 4 heteroatoms. The Morgan fingerprint density at radius 2 is 1.56 bits per heavy atom. The Labute approximate surface area is 150 Å². The average Bonchev–Trinajstić information content (AvgIpc) is 2.67. The molecule has 1 aliphatic rings. The van der Waals surface area contributed by atoms with Crippen LogP contribution in [0.2, 0.25) is 0 Å². The van der Waals surface area contributed by atoms with E-state index in [4.69, 9.17) is 14.2 Å². The van der Waals surface area contributed by atoms with Crippen LogP contribution >= 0.6 is 0 Å². The van der Waals surface area contributed by atoms with E-state index in [9.17, 15) is 0 Å². The molecule has 0 spiro atoms. The molecule has 1 N–H and O–H groups in total. The molecule has 0 aromatic heterocycles. The fourth-order valence-electron chi connectivity index (χ4n) is 3.34. The topological polar surface area (TPSA) is 39.7 Å². The van der Waals surface area contributed by atoms with Crippen LogP contribution in [-0.4, -0.2) is 27.3 Å². The van der Waals surface area contributed by atoms with Crippen molar-refractivity contribution < 1.29 is 14.2 Å². The molecule has 1 fully saturated rings. The van der Waals surface area contributed by atoms with Gasteiger partial charge in [-0.05, 0) is 61.5 Å². The molecule has 1 aliphatic heterocycles. The maximum Gasteiger partial charge on any atom is 0.203 e. The van der Waals surface area contributed by atoms with Crippen molar-refractivity contribution in [1.82, 2.24) is 5.32 Å². The number of ether oxygens (including phenoxy) is 3. The number of piperidine rings is 1. The highest BCUT2D eigenvalue weighted by Gasteiger charge is 2.18. The first kappa shape index (κ1) is 17.6. The summed E-state index contributed by atoms with van der Waals surface area (Å²) in [7, 11) is 3.36. The summed E-state index contributed by atoms with van der Waals surface area (Å²) >= 11 is 0. The first-order valence-electron chi connectivity index (χ1n) is 8.92. The molecule has 134 valence electrons. The van der Waals surface area contributed by atoms with Crippen molar-refractivity contribution in [3.8, 4) is 17.2 Å². The minimum atomic E-state index is 0.487. The van der Waals surface area contributed by atoms with Crippen LogP contribution in [0.15, 0.2) is 42.5 Å². The quantitative estimate of drug-likeness (QED) is 0.831. The zero-order valence-corrected chi connectivity index (χ0v) is 15.1. The standard InChI is InChI=1S/C21H27NO3/c1-23-19-13-18(12-16-8-10-22-11-9-16)14-20(24-2)21(19)25-15-17-6-4-3-5-7-17/h3-7,13-14,16,22H,8-12,15H2,1-2H3. The van der Waals surface area contributed by atoms with Crippen molar-refractivity contribution in [2.45, 2.75) is 25.9 Å². The summed E-state index contributed by atoms with van der Waals surface area (Å²) in [6.07, 6.45) is 3.49. The van der Waals surface area contributed by atoms with Crippen molar-refractivity contribution in [3.05, 3.63) is 53.6 Å². The van der Waals surface area contributed by atoms with Gasteiger partial charge in [0, 0.05) is 0 Å². The molecule has 0 aliphatic carbocycles. The normalized spacial score (nSPS) is 15.0. The molecule has 2 aromatic carbocycles. The molecule has 0 atom stereocenters. The second-order valence-electron chi connectivity index (χ2n) is 6.50. The second-order valence-corrected chi connectivity index (χ2v) is 6.50. The minimum absolute atomic E-state index is 0.487. The first-order chi connectivity index (χ1) is 12.3. The molecule has 3 rings (SSSR count). The van der Waals surface area contributed by atoms with Crippen LogP contribution in [0.25, 0.3) is 0 Å². The summed E-state index contributed by atoms with van der Waals surface area (Å²) < 4.78 is 17.2. The van der Waals surface area contributed by atoms with Gasteiger partial charge in [-0.1, -0.05) is 30.3 Å². The lowest BCUT2D eigenvalue weighted by Gasteiger charge is -2.23. The van der Waals surface area contributed by atoms with E-state index in [1.807, 2.05) is 30.3 Å². The van der Waals surface area contributed by atoms with Gasteiger partial charge in [-0.25, -0.2) is 0 Å². The van der Waals surface area contributed by atoms with E-state index in [1.54, 1.807) is 14.2 Å². The third-order valence-corrected chi connectivity index (χ3v) is 4.73. The van der Waals surface area contributed by atoms with Crippen LogP contribution in [0.5, 0.6) is 17.2 Å². The molecule has 1 saturated heterocycles. The Hall–Kier alpha value is -2.20. The van der Waals surface area contributed by atoms with Crippen molar-refractivity contribution >= 4 is 0 Å². The van der Waals surface area contributed by atoms with Crippen molar-refractivity contribution in [2.75, 3.05) is 27.3 Å². The van der Waals surface area contributed by atoms with Gasteiger partial charge < -0.3 is 19.5 Å². The summed E-state index contributed by atoms with van der Waals surface area (Å²) in [4.78, 5) is 0. The van der Waals surface area contributed by atoms with E-state index >= 15 is 0 Å². The molecular formula is C21H27NO3. The van der Waals surface area contributed by atoms with Crippen LogP contribution in [-0.2, 0) is 13.0 Å². The first-order valence-corrected chi connectivity index (χ1v) is 8.92. The number of hydrogen-bond donors (Lipinski definition) is 1. The molecule has 1 heterocycles. The Morgan fingerprint density at radius 1 is 0.920 bits per heavy atom. The largest absolute Gasteiger partial charge is 0.493 e. The molecule has 0 saturated carbocycles. The highest BCUT2D eigenvalue weighted by molar-refractivity contribution is 5.54. The fourth-order valence-corrected chi connectivity index (χ4v) is 3.34. The highest BCUT2D eigenvalue weighted by Crippen LogP contribution is 2.40. The van der Waals surface area contributed by atoms with E-state index in [0.29, 0.717) is 18.3 Å². The van der Waals surface area contributed by atoms with Crippen LogP contribution in [0.4, 0.5) is 0 Å². The van der Waals surface area contributed by atoms with Crippen LogP contribution in [0.1, 0.15) is 24.0 Å². The number of rotatable bonds is 7. The zero-order chi connectivity index (χ0) is 17.5. The van der Waals surface area contributed by atoms with Gasteiger partial charge in [0.15, 0.2) is 11.5 Å². The number of nitrogens with one attached hydrogen (secondary N) is 1. The van der Waals surface area contributed by atoms with Crippen molar-refractivity contribution in [2.24, 2.45) is 5.92 Å². The van der Waals surface area contributed by atoms with Crippen LogP contribution in [0.3, 0.4) is 0 Å². The molecule has 0 bridgehead atoms. The van der Waals surface area contributed by atoms with Crippen molar-refractivity contribution in [1.29, 1.82) is 0 Å². The van der Waals surface area contributed by atoms with E-state index in [2.05, 4.69) is 17.4 Å². The monoisotopic (exact) mass is 341 g/mol. The summed E-state index contributed by atoms with van der Waals surface area (Å²) in [6.45, 7) is 2.70. The summed E-state index contributed by atoms with van der Waals surface area (Å²) in [5, 5.41) is 3.42. The minimum Gasteiger partial charge on any atom is -0.493 e. The van der Waals surface area contributed by atoms with Gasteiger partial charge >= 0.3 is 0 Å². The SMILES string of the molecule is COc1cc(CC2CCNCC2)cc(OC)c1OCc1ccccc1. The summed E-state index contributed by atoms with van der Waals surface area (Å²) in [5.74, 6) is 2.85. The van der Waals surface area contributed by atoms with Gasteiger partial charge in [-0.2, -0.15) is 0 Å². The molecule has 2 aromatic rings. The van der Waals surface area contributed by atoms with Gasteiger partial charge in [-0.3, -0.25) is 0 Å². The summed E-state index contributed by atoms with van der Waals surface area (Å²) in [6, 6.07) is 14.3. The maximum atomic E-state index is 6.02. The highest BCUT2D eigenvalue weighted by atomic mass is 16.5. The Kier molecular flexibility index (Phi) is 6.18. The van der Waals surface area contributed by atoms with Gasteiger partial charge in [0.05, 0.1) is 14.2 Å². The second kappa shape index (κ2) is 8.77. The Balaban J connectivity index is 1.77. The fraction of sp³-hybridized carbons (Fsp3) is 0.429. The molecular weight excluding hydrogens is 314 g/mol. The Bertz CT molecular complexity index is 641. The number of hydrogen-bond acceptors (Lipinski definition) is 4. The van der Waals surface area contributed by atoms with Crippen LogP contribution in [0, 0.1) is 5.92 Å². The van der Waals surface area contributed by atoms with Crippen molar-refractivity contribution in [3.63, 3.8) is 0 Å². The average molecular weight is 341 g/mol. The van der Waals surface area contributed by atoms with E-state index in [0.717, 1.165) is 36.6 Å². The molecule has 0 unspecified atom stereocenters. The third-order valence-electron chi connectivity index (χ3n) is 4.73. The lowest BCUT2D eigenvalue weighted by Crippen LogP contribution is -2.28. The van der Waals surface area contributed by atoms with Gasteiger partial charge in [-0.15, -0.1) is 0 Å². The van der Waals surface area contributed by atoms with Gasteiger partial charge in [0.25, 0.3) is 0 Å². The molecule has 25 heavy (non-hydrogen) atoms. The molecule has 0 amide bonds. The Morgan fingerprint density at radius 3 is 2.16 bits per heavy atom. The van der Waals surface area contributed by atoms with E-state index in [1.165, 1.54) is 18.4 Å². The smallest absolute Gasteiger partial charge is 0.203 e. The summed E-state index contributed by atoms with van der Waals surface area (Å²) in [5.41, 5.74) is 2.36. The van der Waals surface area contributed by atoms with Gasteiger partial charge in [0.2, 0.25) is 5.75 Å². The third kappa shape index (κ3) is 4.67. The maximum absolute atomic E-state index is 6.02. The van der Waals surface area contributed by atoms with Gasteiger partial charge in [0.1, 0.15) is 6.61 Å². The van der Waals surface area contributed by atoms with Crippen LogP contribution < -0.4 is 19.5 Å². The number of benzene rings is 2. The predicted molar refractivity (Wildman–Crippen MR) is 99.6 cm³/mol. The number of methoxy groups -OCH3 is 2. The predicted octanol–water partition coefficient (Wildman–Crippen LogP) is 3.82. The lowest BCUT2D eigenvalue weighted by molar-refractivity contribution is 0.265. The molecule has 0 radical (unpaired) electrons. The van der Waals surface area contributed by atoms with E-state index in [-0.39, 0.29) is 0 Å². The lowest BCUT2D eigenvalue weighted by atomic mass is 9.91.